The Morgan fingerprint density at radius 3 is 2.16 bits per heavy atom. The van der Waals surface area contributed by atoms with Gasteiger partial charge in [-0.15, -0.1) is 0 Å². The average molecular weight is 913 g/mol. The van der Waals surface area contributed by atoms with Crippen LogP contribution < -0.4 is 15.8 Å². The van der Waals surface area contributed by atoms with Crippen molar-refractivity contribution >= 4 is 74.6 Å². The fourth-order valence-electron chi connectivity index (χ4n) is 7.81. The Labute approximate surface area is 371 Å². The molecule has 0 aliphatic carbocycles. The second-order valence-electron chi connectivity index (χ2n) is 15.4. The number of carboxylic acids is 3. The maximum absolute atomic E-state index is 13.6. The van der Waals surface area contributed by atoms with E-state index in [4.69, 9.17) is 54.1 Å². The van der Waals surface area contributed by atoms with Gasteiger partial charge in [-0.2, -0.15) is 5.26 Å². The van der Waals surface area contributed by atoms with Crippen molar-refractivity contribution in [3.05, 3.63) is 105 Å². The van der Waals surface area contributed by atoms with E-state index in [1.54, 1.807) is 31.6 Å². The van der Waals surface area contributed by atoms with Crippen molar-refractivity contribution in [2.24, 2.45) is 5.73 Å². The molecule has 7 N–H and O–H groups in total. The van der Waals surface area contributed by atoms with Gasteiger partial charge in [0.2, 0.25) is 0 Å². The number of carboxylic acid groups (broad SMARTS) is 3. The Morgan fingerprint density at radius 2 is 1.61 bits per heavy atom. The highest BCUT2D eigenvalue weighted by molar-refractivity contribution is 7.84. The number of carbonyl (C=O) groups excluding carboxylic acids is 2. The van der Waals surface area contributed by atoms with Crippen molar-refractivity contribution in [3.8, 4) is 11.8 Å². The number of aliphatic hydroxyl groups is 1. The summed E-state index contributed by atoms with van der Waals surface area (Å²) in [5, 5.41) is 49.0. The number of nitrogens with two attached hydrogens (primary N) is 1. The minimum absolute atomic E-state index is 0.0740. The van der Waals surface area contributed by atoms with E-state index in [-0.39, 0.29) is 34.3 Å². The molecule has 62 heavy (non-hydrogen) atoms. The number of nitrogens with zero attached hydrogens (tertiary/aromatic N) is 2. The van der Waals surface area contributed by atoms with Crippen LogP contribution in [-0.4, -0.2) is 104 Å². The number of likely N-dealkylation sites (tertiary alicyclic amines) is 1. The standard InChI is InChI=1S/C38H40Cl2N4O4S.C6H8O7/c1-24(43-37(45)33-20-25(23-41)19-29-6-4-5-7-31(29)33)18-28(27-8-11-34(39)35(40)21-27)14-17-44(38(42)46)15-12-26(13-16-44)32-10-9-30(48-2)22-36(32)49(3)47;7-3(8)1-6(13,5(11)12)2-4(9)10/h4-11,19-22,24,26,28H,12-18H2,1-3H3,(H2-,42,43,45,46);13H,1-2H2,(H,7,8)(H,9,10)(H,11,12)/p+1/t24-,26?,28?,44?,49+;/m1./s1. The predicted molar refractivity (Wildman–Crippen MR) is 233 cm³/mol. The van der Waals surface area contributed by atoms with Crippen LogP contribution in [0.3, 0.4) is 0 Å². The summed E-state index contributed by atoms with van der Waals surface area (Å²) >= 11 is 12.7. The first kappa shape index (κ1) is 49.1. The second kappa shape index (κ2) is 21.5. The molecule has 3 amide bonds. The minimum atomic E-state index is -2.74. The van der Waals surface area contributed by atoms with Gasteiger partial charge in [-0.3, -0.25) is 18.6 Å². The van der Waals surface area contributed by atoms with E-state index in [0.29, 0.717) is 59.4 Å². The number of aliphatic carboxylic acids is 3. The molecule has 1 saturated heterocycles. The van der Waals surface area contributed by atoms with Crippen LogP contribution in [0.25, 0.3) is 10.8 Å². The number of carbonyl (C=O) groups is 5. The third-order valence-electron chi connectivity index (χ3n) is 11.1. The Morgan fingerprint density at radius 1 is 0.968 bits per heavy atom. The van der Waals surface area contributed by atoms with E-state index in [9.17, 15) is 33.4 Å². The first-order valence-electron chi connectivity index (χ1n) is 19.5. The van der Waals surface area contributed by atoms with Crippen LogP contribution in [0.15, 0.2) is 77.7 Å². The number of halogens is 2. The molecule has 4 aromatic rings. The molecule has 15 nitrogen and oxygen atoms in total. The quantitative estimate of drug-likeness (QED) is 0.0645. The first-order chi connectivity index (χ1) is 29.2. The molecule has 0 radical (unpaired) electrons. The number of quaternary nitrogens is 1. The zero-order valence-electron chi connectivity index (χ0n) is 34.3. The van der Waals surface area contributed by atoms with Crippen LogP contribution in [-0.2, 0) is 25.2 Å². The minimum Gasteiger partial charge on any atom is -0.497 e. The number of piperidine rings is 1. The molecule has 3 atom stereocenters. The molecule has 1 fully saturated rings. The molecule has 1 aliphatic rings. The van der Waals surface area contributed by atoms with Gasteiger partial charge in [-0.1, -0.05) is 59.6 Å². The van der Waals surface area contributed by atoms with Crippen molar-refractivity contribution in [1.29, 1.82) is 5.26 Å². The summed E-state index contributed by atoms with van der Waals surface area (Å²) in [6, 6.07) is 23.7. The van der Waals surface area contributed by atoms with E-state index in [1.807, 2.05) is 61.5 Å². The van der Waals surface area contributed by atoms with Crippen molar-refractivity contribution in [2.45, 2.75) is 73.8 Å². The monoisotopic (exact) mass is 911 g/mol. The van der Waals surface area contributed by atoms with Gasteiger partial charge in [0.15, 0.2) is 5.60 Å². The number of primary amides is 1. The summed E-state index contributed by atoms with van der Waals surface area (Å²) < 4.78 is 18.1. The average Bonchev–Trinajstić information content (AvgIpc) is 3.22. The number of fused-ring (bicyclic) bond motifs is 1. The van der Waals surface area contributed by atoms with Crippen LogP contribution in [0.2, 0.25) is 10.0 Å². The third-order valence-corrected chi connectivity index (χ3v) is 12.8. The Hall–Kier alpha value is -5.57. The molecule has 1 heterocycles. The number of nitriles is 1. The largest absolute Gasteiger partial charge is 0.497 e. The van der Waals surface area contributed by atoms with Crippen molar-refractivity contribution in [2.75, 3.05) is 33.0 Å². The van der Waals surface area contributed by atoms with E-state index >= 15 is 0 Å². The van der Waals surface area contributed by atoms with E-state index in [2.05, 4.69) is 11.4 Å². The highest BCUT2D eigenvalue weighted by atomic mass is 35.5. The van der Waals surface area contributed by atoms with Gasteiger partial charge in [0.1, 0.15) is 5.75 Å². The number of ether oxygens (including phenoxy) is 1. The Kier molecular flexibility index (Phi) is 17.0. The van der Waals surface area contributed by atoms with Crippen molar-refractivity contribution in [1.82, 2.24) is 5.32 Å². The molecule has 1 aliphatic heterocycles. The zero-order valence-corrected chi connectivity index (χ0v) is 36.6. The van der Waals surface area contributed by atoms with Crippen LogP contribution in [0, 0.1) is 11.3 Å². The van der Waals surface area contributed by atoms with Gasteiger partial charge in [0.25, 0.3) is 5.91 Å². The number of rotatable bonds is 16. The normalized spacial score (nSPS) is 17.6. The lowest BCUT2D eigenvalue weighted by molar-refractivity contribution is -0.855. The lowest BCUT2D eigenvalue weighted by Gasteiger charge is -2.41. The molecule has 0 saturated carbocycles. The van der Waals surface area contributed by atoms with Gasteiger partial charge in [0, 0.05) is 42.0 Å². The SMILES string of the molecule is COc1ccc(C2CC[N+](CCC(C[C@@H](C)NC(=O)c3cc(C#N)cc4ccccc34)c3ccc(Cl)c(Cl)c3)(C(N)=O)CC2)c([S@](C)=O)c1.O=C(O)CC(O)(CC(=O)O)C(=O)O. The molecule has 330 valence electrons. The fourth-order valence-corrected chi connectivity index (χ4v) is 8.96. The summed E-state index contributed by atoms with van der Waals surface area (Å²) in [5.74, 6) is -4.55. The molecule has 0 bridgehead atoms. The van der Waals surface area contributed by atoms with Crippen molar-refractivity contribution in [3.63, 3.8) is 0 Å². The van der Waals surface area contributed by atoms with E-state index in [0.717, 1.165) is 39.6 Å². The van der Waals surface area contributed by atoms with Crippen molar-refractivity contribution < 1.29 is 57.8 Å². The van der Waals surface area contributed by atoms with Crippen LogP contribution in [0.1, 0.15) is 84.3 Å². The first-order valence-corrected chi connectivity index (χ1v) is 21.8. The molecular formula is C44H49Cl2N4O11S+. The molecule has 0 spiro atoms. The fraction of sp³-hybridized carbons (Fsp3) is 0.364. The number of hydrogen-bond acceptors (Lipinski definition) is 9. The van der Waals surface area contributed by atoms with E-state index < -0.39 is 47.2 Å². The number of nitrogens with one attached hydrogen (secondary N) is 1. The van der Waals surface area contributed by atoms with E-state index in [1.165, 1.54) is 0 Å². The molecular weight excluding hydrogens is 863 g/mol. The Balaban J connectivity index is 0.000000562. The maximum Gasteiger partial charge on any atom is 0.414 e. The van der Waals surface area contributed by atoms with Crippen LogP contribution in [0.4, 0.5) is 4.79 Å². The van der Waals surface area contributed by atoms with Gasteiger partial charge in [0.05, 0.1) is 72.1 Å². The van der Waals surface area contributed by atoms with Gasteiger partial charge < -0.3 is 36.2 Å². The smallest absolute Gasteiger partial charge is 0.414 e. The number of benzene rings is 4. The highest BCUT2D eigenvalue weighted by Crippen LogP contribution is 2.38. The molecule has 5 rings (SSSR count). The lowest BCUT2D eigenvalue weighted by atomic mass is 9.86. The van der Waals surface area contributed by atoms with Gasteiger partial charge in [-0.25, -0.2) is 14.1 Å². The number of methoxy groups -OCH3 is 1. The summed E-state index contributed by atoms with van der Waals surface area (Å²) in [7, 11) is 0.401. The number of urea groups is 1. The topological polar surface area (TPSA) is 254 Å². The summed E-state index contributed by atoms with van der Waals surface area (Å²) in [4.78, 5) is 58.0. The maximum atomic E-state index is 13.6. The molecule has 18 heteroatoms. The summed E-state index contributed by atoms with van der Waals surface area (Å²) in [6.45, 7) is 3.58. The Bertz CT molecular complexity index is 2380. The van der Waals surface area contributed by atoms with Crippen LogP contribution in [0.5, 0.6) is 5.75 Å². The molecule has 1 unspecified atom stereocenters. The number of amides is 3. The van der Waals surface area contributed by atoms with Gasteiger partial charge >= 0.3 is 23.9 Å². The summed E-state index contributed by atoms with van der Waals surface area (Å²) in [6.07, 6.45) is 2.01. The predicted octanol–water partition coefficient (Wildman–Crippen LogP) is 6.67. The van der Waals surface area contributed by atoms with Crippen LogP contribution >= 0.6 is 23.2 Å². The summed E-state index contributed by atoms with van der Waals surface area (Å²) in [5.41, 5.74) is 6.23. The lowest BCUT2D eigenvalue weighted by Crippen LogP contribution is -2.59. The molecule has 0 aromatic heterocycles. The van der Waals surface area contributed by atoms with Gasteiger partial charge in [-0.05, 0) is 83.5 Å². The zero-order chi connectivity index (χ0) is 45.9. The second-order valence-corrected chi connectivity index (χ2v) is 17.6. The third kappa shape index (κ3) is 12.5. The molecule has 4 aromatic carbocycles. The highest BCUT2D eigenvalue weighted by Gasteiger charge is 2.42. The number of hydrogen-bond donors (Lipinski definition) is 6.